The number of nitrogens with one attached hydrogen (secondary N) is 1. The van der Waals surface area contributed by atoms with Crippen molar-refractivity contribution in [1.29, 1.82) is 0 Å². The van der Waals surface area contributed by atoms with E-state index in [1.165, 1.54) is 6.92 Å². The van der Waals surface area contributed by atoms with Crippen LogP contribution in [0.15, 0.2) is 0 Å². The summed E-state index contributed by atoms with van der Waals surface area (Å²) in [5, 5.41) is 9.80. The fraction of sp³-hybridized carbons (Fsp3) is 0.905. The summed E-state index contributed by atoms with van der Waals surface area (Å²) in [5.41, 5.74) is 0. The zero-order chi connectivity index (χ0) is 23.9. The average molecular weight is 520 g/mol. The van der Waals surface area contributed by atoms with Crippen LogP contribution in [-0.4, -0.2) is 150 Å². The van der Waals surface area contributed by atoms with Crippen LogP contribution in [0.3, 0.4) is 0 Å². The van der Waals surface area contributed by atoms with Crippen LogP contribution in [0.2, 0.25) is 0 Å². The molecule has 198 valence electrons. The summed E-state index contributed by atoms with van der Waals surface area (Å²) in [7, 11) is 1.00. The van der Waals surface area contributed by atoms with Gasteiger partial charge in [0.25, 0.3) is 0 Å². The second-order valence-electron chi connectivity index (χ2n) is 7.17. The summed E-state index contributed by atoms with van der Waals surface area (Å²) >= 11 is 4.64. The number of aliphatic hydroxyl groups excluding tert-OH is 1. The maximum atomic E-state index is 9.21. The molecular formula is C21H44Cl2N4O6. The number of rotatable bonds is 2. The van der Waals surface area contributed by atoms with Gasteiger partial charge in [-0.05, 0) is 11.6 Å². The van der Waals surface area contributed by atoms with Crippen LogP contribution >= 0.6 is 11.6 Å². The molecule has 4 aliphatic rings. The first-order valence-corrected chi connectivity index (χ1v) is 11.6. The van der Waals surface area contributed by atoms with E-state index in [2.05, 4.69) is 33.4 Å². The Hall–Kier alpha value is -0.400. The molecule has 0 aromatic carbocycles. The molecule has 4 rings (SSSR count). The molecule has 4 saturated heterocycles. The molecule has 0 aliphatic carbocycles. The number of aliphatic hydroxyl groups is 1. The van der Waals surface area contributed by atoms with E-state index in [1.54, 1.807) is 0 Å². The van der Waals surface area contributed by atoms with Gasteiger partial charge < -0.3 is 41.8 Å². The molecule has 4 heterocycles. The Bertz CT molecular complexity index is 411. The van der Waals surface area contributed by atoms with E-state index < -0.39 is 0 Å². The number of nitrogens with zero attached hydrogens (tertiary/aromatic N) is 3. The van der Waals surface area contributed by atoms with Crippen molar-refractivity contribution in [3.8, 4) is 0 Å². The topological polar surface area (TPSA) is 95.7 Å². The number of hydrogen-bond donors (Lipinski definition) is 2. The average Bonchev–Trinajstić information content (AvgIpc) is 2.84. The van der Waals surface area contributed by atoms with Crippen molar-refractivity contribution < 1.29 is 45.8 Å². The van der Waals surface area contributed by atoms with Crippen molar-refractivity contribution in [2.45, 2.75) is 6.92 Å². The molecule has 4 fully saturated rings. The van der Waals surface area contributed by atoms with Gasteiger partial charge >= 0.3 is 0 Å². The molecule has 10 nitrogen and oxygen atoms in total. The van der Waals surface area contributed by atoms with Crippen molar-refractivity contribution in [2.75, 3.05) is 119 Å². The van der Waals surface area contributed by atoms with Crippen LogP contribution in [-0.2, 0) is 23.7 Å². The highest BCUT2D eigenvalue weighted by Crippen LogP contribution is 2.02. The highest BCUT2D eigenvalue weighted by Gasteiger charge is 2.16. The molecule has 33 heavy (non-hydrogen) atoms. The fourth-order valence-electron chi connectivity index (χ4n) is 2.88. The second kappa shape index (κ2) is 26.2. The third-order valence-electron chi connectivity index (χ3n) is 4.56. The van der Waals surface area contributed by atoms with Crippen LogP contribution in [0.1, 0.15) is 6.92 Å². The van der Waals surface area contributed by atoms with Crippen LogP contribution < -0.4 is 17.7 Å². The van der Waals surface area contributed by atoms with Crippen molar-refractivity contribution in [3.63, 3.8) is 0 Å². The van der Waals surface area contributed by atoms with Gasteiger partial charge in [0.2, 0.25) is 5.24 Å². The van der Waals surface area contributed by atoms with Gasteiger partial charge in [0.15, 0.2) is 13.1 Å². The Morgan fingerprint density at radius 2 is 1.18 bits per heavy atom. The lowest BCUT2D eigenvalue weighted by atomic mass is 10.4. The number of carbonyl (C=O) groups is 1. The van der Waals surface area contributed by atoms with Gasteiger partial charge in [0, 0.05) is 53.3 Å². The van der Waals surface area contributed by atoms with Gasteiger partial charge in [0.05, 0.1) is 46.3 Å². The van der Waals surface area contributed by atoms with Crippen molar-refractivity contribution >= 4 is 23.6 Å². The summed E-state index contributed by atoms with van der Waals surface area (Å²) < 4.78 is 22.7. The Morgan fingerprint density at radius 1 is 0.848 bits per heavy atom. The molecule has 0 saturated carbocycles. The van der Waals surface area contributed by atoms with Crippen molar-refractivity contribution in [3.05, 3.63) is 0 Å². The zero-order valence-electron chi connectivity index (χ0n) is 20.3. The minimum atomic E-state index is -0.361. The van der Waals surface area contributed by atoms with Gasteiger partial charge in [-0.1, -0.05) is 0 Å². The van der Waals surface area contributed by atoms with Gasteiger partial charge in [-0.2, -0.15) is 0 Å². The molecule has 0 unspecified atom stereocenters. The summed E-state index contributed by atoms with van der Waals surface area (Å²) in [6.07, 6.45) is 0. The third-order valence-corrected chi connectivity index (χ3v) is 4.56. The standard InChI is InChI=1S/C9H18N2O2.C5H10NO.C4H9NO.C2H3ClO.CH4O.ClH/c1-5-12-6-2-10(1)9-11-3-7-13-8-4-11;1-6-2-4-7-5-3-6;1-3-6-4-2-5-1;1-2(3)4;1-2;/h1-9H2;1-5H2;5H,1-4H2;1H3;2H,1H3;1H/q;+1;;;;/p-1. The van der Waals surface area contributed by atoms with Gasteiger partial charge in [-0.25, -0.2) is 4.58 Å². The van der Waals surface area contributed by atoms with E-state index in [9.17, 15) is 4.79 Å². The smallest absolute Gasteiger partial charge is 0.218 e. The summed E-state index contributed by atoms with van der Waals surface area (Å²) in [5.74, 6) is 0. The summed E-state index contributed by atoms with van der Waals surface area (Å²) in [4.78, 5) is 14.1. The number of hydrogen-bond acceptors (Lipinski definition) is 9. The fourth-order valence-corrected chi connectivity index (χ4v) is 2.88. The highest BCUT2D eigenvalue weighted by molar-refractivity contribution is 6.62. The maximum Gasteiger partial charge on any atom is 0.218 e. The SMILES string of the molecule is C1CN(CN2CCOCC2)CCO1.C1COCCN1.C=[N+]1CCOCC1.CC(=O)Cl.CO.[Cl-]. The predicted octanol–water partition coefficient (Wildman–Crippen LogP) is -3.67. The largest absolute Gasteiger partial charge is 1.00 e. The molecule has 0 spiro atoms. The van der Waals surface area contributed by atoms with E-state index in [4.69, 9.17) is 24.1 Å². The first-order chi connectivity index (χ1) is 15.6. The summed E-state index contributed by atoms with van der Waals surface area (Å²) in [6.45, 7) is 21.5. The van der Waals surface area contributed by atoms with Crippen molar-refractivity contribution in [1.82, 2.24) is 15.1 Å². The molecule has 0 radical (unpaired) electrons. The lowest BCUT2D eigenvalue weighted by Gasteiger charge is -2.34. The Kier molecular flexibility index (Phi) is 27.6. The Balaban J connectivity index is 0. The lowest BCUT2D eigenvalue weighted by molar-refractivity contribution is -0.541. The third kappa shape index (κ3) is 24.5. The minimum absolute atomic E-state index is 0. The molecule has 4 aliphatic heterocycles. The summed E-state index contributed by atoms with van der Waals surface area (Å²) in [6, 6.07) is 0. The monoisotopic (exact) mass is 518 g/mol. The van der Waals surface area contributed by atoms with E-state index in [0.717, 1.165) is 119 Å². The van der Waals surface area contributed by atoms with Gasteiger partial charge in [-0.3, -0.25) is 14.6 Å². The van der Waals surface area contributed by atoms with Gasteiger partial charge in [-0.15, -0.1) is 0 Å². The van der Waals surface area contributed by atoms with E-state index in [-0.39, 0.29) is 17.6 Å². The number of halogens is 2. The maximum absolute atomic E-state index is 9.21. The number of morpholine rings is 4. The zero-order valence-corrected chi connectivity index (χ0v) is 21.8. The highest BCUT2D eigenvalue weighted by atomic mass is 35.5. The Morgan fingerprint density at radius 3 is 1.42 bits per heavy atom. The first kappa shape index (κ1) is 34.8. The molecule has 0 amide bonds. The van der Waals surface area contributed by atoms with E-state index in [1.807, 2.05) is 4.58 Å². The molecule has 12 heteroatoms. The minimum Gasteiger partial charge on any atom is -1.00 e. The molecular weight excluding hydrogens is 475 g/mol. The van der Waals surface area contributed by atoms with Crippen LogP contribution in [0, 0.1) is 0 Å². The predicted molar refractivity (Wildman–Crippen MR) is 126 cm³/mol. The molecule has 0 aromatic heterocycles. The normalized spacial score (nSPS) is 21.0. The number of ether oxygens (including phenoxy) is 4. The van der Waals surface area contributed by atoms with Crippen LogP contribution in [0.25, 0.3) is 0 Å². The number of carbonyl (C=O) groups excluding carboxylic acids is 1. The lowest BCUT2D eigenvalue weighted by Crippen LogP contribution is -3.00. The quantitative estimate of drug-likeness (QED) is 0.283. The van der Waals surface area contributed by atoms with E-state index in [0.29, 0.717) is 0 Å². The first-order valence-electron chi connectivity index (χ1n) is 11.2. The molecule has 0 aromatic rings. The second-order valence-corrected chi connectivity index (χ2v) is 7.70. The van der Waals surface area contributed by atoms with Crippen LogP contribution in [0.4, 0.5) is 0 Å². The van der Waals surface area contributed by atoms with Crippen molar-refractivity contribution in [2.24, 2.45) is 0 Å². The molecule has 0 bridgehead atoms. The molecule has 2 N–H and O–H groups in total. The molecule has 0 atom stereocenters. The Labute approximate surface area is 210 Å². The van der Waals surface area contributed by atoms with Crippen LogP contribution in [0.5, 0.6) is 0 Å². The van der Waals surface area contributed by atoms with E-state index >= 15 is 0 Å². The van der Waals surface area contributed by atoms with Gasteiger partial charge in [0.1, 0.15) is 19.9 Å².